The predicted octanol–water partition coefficient (Wildman–Crippen LogP) is 9.99. The van der Waals surface area contributed by atoms with Gasteiger partial charge in [-0.1, -0.05) is 0 Å². The molecule has 0 aromatic rings. The zero-order chi connectivity index (χ0) is 27.7. The zero-order valence-corrected chi connectivity index (χ0v) is 34.1. The van der Waals surface area contributed by atoms with E-state index in [9.17, 15) is 0 Å². The molecule has 0 heterocycles. The van der Waals surface area contributed by atoms with Crippen molar-refractivity contribution in [3.05, 3.63) is 0 Å². The van der Waals surface area contributed by atoms with E-state index in [-0.39, 0.29) is 0 Å². The van der Waals surface area contributed by atoms with Gasteiger partial charge >= 0.3 is 226 Å². The van der Waals surface area contributed by atoms with Crippen molar-refractivity contribution in [2.24, 2.45) is 0 Å². The minimum atomic E-state index is -1.79. The van der Waals surface area contributed by atoms with Crippen molar-refractivity contribution in [2.75, 3.05) is 0 Å². The first-order chi connectivity index (χ1) is 13.8. The Bertz CT molecular complexity index is 671. The maximum atomic E-state index is 2.91. The van der Waals surface area contributed by atoms with E-state index in [0.717, 1.165) is 0 Å². The molecule has 0 aliphatic carbocycles. The summed E-state index contributed by atoms with van der Waals surface area (Å²) < 4.78 is 0. The molecule has 3 radical (unpaired) electrons. The van der Waals surface area contributed by atoms with Gasteiger partial charge in [-0.25, -0.2) is 0 Å². The number of rotatable bonds is 4. The molecule has 0 aliphatic rings. The Hall–Kier alpha value is 1.63. The van der Waals surface area contributed by atoms with Crippen molar-refractivity contribution >= 4 is 51.4 Å². The van der Waals surface area contributed by atoms with Crippen LogP contribution in [-0.2, 0) is 0 Å². The Morgan fingerprint density at radius 2 is 0.636 bits per heavy atom. The fourth-order valence-electron chi connectivity index (χ4n) is 8.06. The summed E-state index contributed by atoms with van der Waals surface area (Å²) in [4.78, 5) is 0. The molecule has 0 nitrogen and oxygen atoms in total. The van der Waals surface area contributed by atoms with Crippen LogP contribution in [-0.4, -0.2) is 51.4 Å². The molecule has 0 saturated carbocycles. The second-order valence-corrected chi connectivity index (χ2v) is 66.4. The molecule has 0 N–H and O–H groups in total. The molecule has 0 fully saturated rings. The van der Waals surface area contributed by atoms with Crippen LogP contribution in [0.15, 0.2) is 0 Å². The van der Waals surface area contributed by atoms with Crippen LogP contribution in [0, 0.1) is 0 Å². The second-order valence-electron chi connectivity index (χ2n) is 17.5. The third kappa shape index (κ3) is 5.31. The first-order valence-corrected chi connectivity index (χ1v) is 30.9. The molecule has 0 aliphatic heterocycles. The molecule has 0 unspecified atom stereocenters. The van der Waals surface area contributed by atoms with Crippen LogP contribution in [0.2, 0.25) is 49.9 Å². The van der Waals surface area contributed by atoms with Gasteiger partial charge < -0.3 is 0 Å². The van der Waals surface area contributed by atoms with Gasteiger partial charge in [0.05, 0.1) is 0 Å². The van der Waals surface area contributed by atoms with Crippen LogP contribution < -0.4 is 0 Å². The second kappa shape index (κ2) is 9.43. The van der Waals surface area contributed by atoms with Crippen LogP contribution >= 0.6 is 0 Å². The first kappa shape index (κ1) is 34.6. The van der Waals surface area contributed by atoms with Crippen LogP contribution in [0.3, 0.4) is 0 Å². The van der Waals surface area contributed by atoms with Gasteiger partial charge in [0.1, 0.15) is 0 Å². The molecule has 0 bridgehead atoms. The summed E-state index contributed by atoms with van der Waals surface area (Å²) in [6.45, 7) is 56.3. The van der Waals surface area contributed by atoms with Gasteiger partial charge in [0.25, 0.3) is 0 Å². The molecule has 0 aromatic carbocycles. The predicted molar refractivity (Wildman–Crippen MR) is 170 cm³/mol. The zero-order valence-electron chi connectivity index (χ0n) is 27.0. The van der Waals surface area contributed by atoms with E-state index in [1.807, 2.05) is 0 Å². The van der Waals surface area contributed by atoms with Gasteiger partial charge in [-0.3, -0.25) is 0 Å². The topological polar surface area (TPSA) is 0 Å². The average Bonchev–Trinajstić information content (AvgIpc) is 2.45. The molecular weight excluding hydrogens is 537 g/mol. The van der Waals surface area contributed by atoms with Crippen molar-refractivity contribution in [1.82, 2.24) is 0 Å². The fraction of sp³-hybridized carbons (Fsp3) is 1.00. The van der Waals surface area contributed by atoms with E-state index in [1.54, 1.807) is 0 Å². The van der Waals surface area contributed by atoms with Crippen LogP contribution in [0.4, 0.5) is 0 Å². The third-order valence-corrected chi connectivity index (χ3v) is 110. The monoisotopic (exact) mass is 601 g/mol. The normalized spacial score (nSPS) is 16.4. The quantitative estimate of drug-likeness (QED) is 0.282. The van der Waals surface area contributed by atoms with Crippen LogP contribution in [0.1, 0.15) is 125 Å². The summed E-state index contributed by atoms with van der Waals surface area (Å²) >= 11 is 2.91. The average molecular weight is 601 g/mol. The molecule has 6 heteroatoms. The van der Waals surface area contributed by atoms with E-state index in [4.69, 9.17) is 0 Å². The molecule has 0 rings (SSSR count). The molecule has 0 aromatic heterocycles. The first-order valence-electron chi connectivity index (χ1n) is 13.2. The van der Waals surface area contributed by atoms with E-state index >= 15 is 0 Å². The summed E-state index contributed by atoms with van der Waals surface area (Å²) in [5.41, 5.74) is 0. The summed E-state index contributed by atoms with van der Waals surface area (Å²) in [5, 5.41) is 2.54. The van der Waals surface area contributed by atoms with Gasteiger partial charge in [0.15, 0.2) is 0 Å². The maximum absolute atomic E-state index is 2.91. The Morgan fingerprint density at radius 3 is 0.788 bits per heavy atom. The fourth-order valence-corrected chi connectivity index (χ4v) is 168. The SMILES string of the molecule is C[Si]([Si](C)(C(C)(C)C)C(C)(C)C)[Si]([Si](=[Ge])[Si](C)(C(C)(C)C)C(C)(C)C)(C(C)(C)C)C(C)(C)C. The third-order valence-electron chi connectivity index (χ3n) is 10.4. The standard InChI is InChI=1S/C27H63GeSi5/c1-22(2,3)31(20,23(4,5)6)29(19)33(26(13,14)15,27(16,17)18)30(28)32(21,24(7,8)9)25(10,11)12/h1-21H3. The molecule has 195 valence electrons. The van der Waals surface area contributed by atoms with Crippen molar-refractivity contribution in [3.63, 3.8) is 0 Å². The van der Waals surface area contributed by atoms with Crippen molar-refractivity contribution < 1.29 is 0 Å². The van der Waals surface area contributed by atoms with Crippen LogP contribution in [0.25, 0.3) is 0 Å². The molecule has 0 atom stereocenters. The van der Waals surface area contributed by atoms with E-state index in [2.05, 4.69) is 160 Å². The number of hydrogen-bond acceptors (Lipinski definition) is 0. The van der Waals surface area contributed by atoms with Crippen LogP contribution in [0.5, 0.6) is 0 Å². The van der Waals surface area contributed by atoms with Crippen molar-refractivity contribution in [2.45, 2.75) is 174 Å². The summed E-state index contributed by atoms with van der Waals surface area (Å²) in [6.07, 6.45) is 0. The van der Waals surface area contributed by atoms with Crippen molar-refractivity contribution in [1.29, 1.82) is 0 Å². The van der Waals surface area contributed by atoms with Gasteiger partial charge in [0, 0.05) is 0 Å². The summed E-state index contributed by atoms with van der Waals surface area (Å²) in [7, 11) is -5.70. The Kier molecular flexibility index (Phi) is 9.89. The van der Waals surface area contributed by atoms with Crippen molar-refractivity contribution in [3.8, 4) is 0 Å². The molecule has 0 spiro atoms. The Morgan fingerprint density at radius 1 is 0.424 bits per heavy atom. The van der Waals surface area contributed by atoms with Gasteiger partial charge in [-0.05, 0) is 0 Å². The van der Waals surface area contributed by atoms with E-state index < -0.39 is 36.0 Å². The Labute approximate surface area is 224 Å². The van der Waals surface area contributed by atoms with Gasteiger partial charge in [-0.2, -0.15) is 0 Å². The molecule has 33 heavy (non-hydrogen) atoms. The minimum absolute atomic E-state index is 0.423. The number of hydrogen-bond donors (Lipinski definition) is 0. The molecular formula is C27H63GeSi5. The summed E-state index contributed by atoms with van der Waals surface area (Å²) in [6, 6.07) is 0. The van der Waals surface area contributed by atoms with E-state index in [0.29, 0.717) is 30.2 Å². The van der Waals surface area contributed by atoms with Gasteiger partial charge in [-0.15, -0.1) is 0 Å². The van der Waals surface area contributed by atoms with Gasteiger partial charge in [0.2, 0.25) is 0 Å². The Balaban J connectivity index is 8.08. The summed E-state index contributed by atoms with van der Waals surface area (Å²) in [5.74, 6) is -0.596. The molecule has 0 amide bonds. The molecule has 0 saturated heterocycles. The van der Waals surface area contributed by atoms with E-state index in [1.165, 1.54) is 0 Å².